The molecule has 116 valence electrons. The highest BCUT2D eigenvalue weighted by Gasteiger charge is 2.32. The van der Waals surface area contributed by atoms with Gasteiger partial charge in [0.15, 0.2) is 11.5 Å². The molecule has 1 atom stereocenters. The van der Waals surface area contributed by atoms with Crippen LogP contribution in [0.25, 0.3) is 0 Å². The molecule has 1 saturated heterocycles. The van der Waals surface area contributed by atoms with Gasteiger partial charge in [0, 0.05) is 12.1 Å². The molecule has 0 N–H and O–H groups in total. The summed E-state index contributed by atoms with van der Waals surface area (Å²) >= 11 is 0. The largest absolute Gasteiger partial charge is 0.493 e. The summed E-state index contributed by atoms with van der Waals surface area (Å²) in [6, 6.07) is 3.63. The highest BCUT2D eigenvalue weighted by molar-refractivity contribution is 5.70. The lowest BCUT2D eigenvalue weighted by molar-refractivity contribution is 0.132. The van der Waals surface area contributed by atoms with Crippen LogP contribution in [0.15, 0.2) is 12.1 Å². The van der Waals surface area contributed by atoms with Gasteiger partial charge in [-0.2, -0.15) is 0 Å². The van der Waals surface area contributed by atoms with Gasteiger partial charge in [-0.05, 0) is 18.6 Å². The number of rotatable bonds is 6. The topological polar surface area (TPSA) is 57.2 Å². The number of amides is 1. The van der Waals surface area contributed by atoms with Gasteiger partial charge < -0.3 is 23.8 Å². The molecule has 6 nitrogen and oxygen atoms in total. The highest BCUT2D eigenvalue weighted by atomic mass is 16.6. The van der Waals surface area contributed by atoms with Gasteiger partial charge in [0.1, 0.15) is 6.10 Å². The van der Waals surface area contributed by atoms with Gasteiger partial charge in [-0.15, -0.1) is 0 Å². The summed E-state index contributed by atoms with van der Waals surface area (Å²) in [5, 5.41) is 0. The number of ether oxygens (including phenoxy) is 4. The molecule has 1 fully saturated rings. The number of hydrogen-bond acceptors (Lipinski definition) is 5. The minimum absolute atomic E-state index is 0.282. The molecule has 1 heterocycles. The van der Waals surface area contributed by atoms with E-state index in [1.54, 1.807) is 26.2 Å². The van der Waals surface area contributed by atoms with Crippen molar-refractivity contribution in [2.75, 3.05) is 34.4 Å². The Kier molecular flexibility index (Phi) is 4.77. The van der Waals surface area contributed by atoms with E-state index in [1.807, 2.05) is 19.1 Å². The van der Waals surface area contributed by atoms with Crippen LogP contribution in [-0.2, 0) is 4.74 Å². The number of cyclic esters (lactones) is 1. The average Bonchev–Trinajstić information content (AvgIpc) is 2.87. The molecule has 0 radical (unpaired) electrons. The monoisotopic (exact) mass is 295 g/mol. The van der Waals surface area contributed by atoms with Gasteiger partial charge in [0.05, 0.1) is 27.9 Å². The van der Waals surface area contributed by atoms with Crippen molar-refractivity contribution in [1.82, 2.24) is 4.90 Å². The minimum Gasteiger partial charge on any atom is -0.493 e. The van der Waals surface area contributed by atoms with E-state index in [1.165, 1.54) is 0 Å². The number of carbonyl (C=O) groups excluding carboxylic acids is 1. The second-order valence-corrected chi connectivity index (χ2v) is 4.78. The first-order chi connectivity index (χ1) is 10.1. The third-order valence-electron chi connectivity index (χ3n) is 3.44. The van der Waals surface area contributed by atoms with Crippen molar-refractivity contribution < 1.29 is 23.7 Å². The first-order valence-corrected chi connectivity index (χ1v) is 6.90. The van der Waals surface area contributed by atoms with E-state index in [2.05, 4.69) is 0 Å². The Hall–Kier alpha value is -2.11. The zero-order valence-corrected chi connectivity index (χ0v) is 12.8. The number of hydrogen-bond donors (Lipinski definition) is 0. The molecule has 0 aromatic heterocycles. The lowest BCUT2D eigenvalue weighted by Crippen LogP contribution is -2.24. The fraction of sp³-hybridized carbons (Fsp3) is 0.533. The van der Waals surface area contributed by atoms with Crippen molar-refractivity contribution >= 4 is 6.09 Å². The van der Waals surface area contributed by atoms with Gasteiger partial charge in [-0.1, -0.05) is 6.92 Å². The number of benzene rings is 1. The number of methoxy groups -OCH3 is 3. The van der Waals surface area contributed by atoms with Crippen molar-refractivity contribution in [3.05, 3.63) is 17.7 Å². The van der Waals surface area contributed by atoms with Crippen LogP contribution in [0.3, 0.4) is 0 Å². The second-order valence-electron chi connectivity index (χ2n) is 4.78. The highest BCUT2D eigenvalue weighted by Crippen LogP contribution is 2.41. The van der Waals surface area contributed by atoms with Gasteiger partial charge in [-0.25, -0.2) is 4.79 Å². The van der Waals surface area contributed by atoms with E-state index in [0.29, 0.717) is 30.3 Å². The molecular weight excluding hydrogens is 274 g/mol. The Labute approximate surface area is 124 Å². The molecule has 1 unspecified atom stereocenters. The second kappa shape index (κ2) is 6.56. The van der Waals surface area contributed by atoms with Crippen molar-refractivity contribution in [3.8, 4) is 17.2 Å². The minimum atomic E-state index is -0.322. The summed E-state index contributed by atoms with van der Waals surface area (Å²) in [5.74, 6) is 1.63. The standard InChI is InChI=1S/C15H21NO5/c1-5-6-16-9-13(21-15(16)17)10-7-11(18-2)14(20-4)12(8-10)19-3/h7-8,13H,5-6,9H2,1-4H3. The van der Waals surface area contributed by atoms with Crippen molar-refractivity contribution in [2.45, 2.75) is 19.4 Å². The smallest absolute Gasteiger partial charge is 0.410 e. The van der Waals surface area contributed by atoms with Crippen molar-refractivity contribution in [1.29, 1.82) is 0 Å². The first-order valence-electron chi connectivity index (χ1n) is 6.90. The first kappa shape index (κ1) is 15.3. The predicted molar refractivity (Wildman–Crippen MR) is 77.2 cm³/mol. The molecule has 1 aromatic rings. The van der Waals surface area contributed by atoms with Crippen LogP contribution in [0, 0.1) is 0 Å². The Morgan fingerprint density at radius 1 is 1.19 bits per heavy atom. The molecule has 0 spiro atoms. The van der Waals surface area contributed by atoms with E-state index in [0.717, 1.165) is 12.0 Å². The Bertz CT molecular complexity index is 492. The molecule has 2 rings (SSSR count). The molecule has 0 aliphatic carbocycles. The normalized spacial score (nSPS) is 17.6. The maximum absolute atomic E-state index is 11.8. The van der Waals surface area contributed by atoms with E-state index >= 15 is 0 Å². The lowest BCUT2D eigenvalue weighted by atomic mass is 10.1. The quantitative estimate of drug-likeness (QED) is 0.807. The zero-order chi connectivity index (χ0) is 15.4. The Morgan fingerprint density at radius 2 is 1.81 bits per heavy atom. The molecule has 6 heteroatoms. The number of carbonyl (C=O) groups is 1. The van der Waals surface area contributed by atoms with Crippen LogP contribution in [0.1, 0.15) is 25.0 Å². The zero-order valence-electron chi connectivity index (χ0n) is 12.8. The van der Waals surface area contributed by atoms with Crippen molar-refractivity contribution in [2.24, 2.45) is 0 Å². The lowest BCUT2D eigenvalue weighted by Gasteiger charge is -2.16. The van der Waals surface area contributed by atoms with E-state index in [-0.39, 0.29) is 12.2 Å². The van der Waals surface area contributed by atoms with Gasteiger partial charge in [0.25, 0.3) is 0 Å². The molecular formula is C15H21NO5. The van der Waals surface area contributed by atoms with Crippen LogP contribution < -0.4 is 14.2 Å². The number of nitrogens with zero attached hydrogens (tertiary/aromatic N) is 1. The molecule has 1 aliphatic heterocycles. The average molecular weight is 295 g/mol. The SMILES string of the molecule is CCCN1CC(c2cc(OC)c(OC)c(OC)c2)OC1=O. The fourth-order valence-electron chi connectivity index (χ4n) is 2.42. The summed E-state index contributed by atoms with van der Waals surface area (Å²) in [5.41, 5.74) is 0.830. The van der Waals surface area contributed by atoms with E-state index in [9.17, 15) is 4.79 Å². The summed E-state index contributed by atoms with van der Waals surface area (Å²) in [6.07, 6.45) is 0.297. The summed E-state index contributed by atoms with van der Waals surface area (Å²) < 4.78 is 21.4. The van der Waals surface area contributed by atoms with Gasteiger partial charge >= 0.3 is 6.09 Å². The summed E-state index contributed by atoms with van der Waals surface area (Å²) in [4.78, 5) is 13.5. The third kappa shape index (κ3) is 2.99. The third-order valence-corrected chi connectivity index (χ3v) is 3.44. The van der Waals surface area contributed by atoms with Gasteiger partial charge in [-0.3, -0.25) is 0 Å². The van der Waals surface area contributed by atoms with Crippen LogP contribution in [0.5, 0.6) is 17.2 Å². The maximum Gasteiger partial charge on any atom is 0.410 e. The Morgan fingerprint density at radius 3 is 2.29 bits per heavy atom. The molecule has 1 amide bonds. The molecule has 21 heavy (non-hydrogen) atoms. The molecule has 1 aromatic carbocycles. The van der Waals surface area contributed by atoms with Gasteiger partial charge in [0.2, 0.25) is 5.75 Å². The van der Waals surface area contributed by atoms with Crippen LogP contribution >= 0.6 is 0 Å². The van der Waals surface area contributed by atoms with Crippen LogP contribution in [0.4, 0.5) is 4.79 Å². The van der Waals surface area contributed by atoms with E-state index in [4.69, 9.17) is 18.9 Å². The molecule has 0 bridgehead atoms. The van der Waals surface area contributed by atoms with Crippen molar-refractivity contribution in [3.63, 3.8) is 0 Å². The summed E-state index contributed by atoms with van der Waals surface area (Å²) in [7, 11) is 4.68. The maximum atomic E-state index is 11.8. The Balaban J connectivity index is 2.30. The fourth-order valence-corrected chi connectivity index (χ4v) is 2.42. The molecule has 0 saturated carbocycles. The van der Waals surface area contributed by atoms with Crippen LogP contribution in [-0.4, -0.2) is 45.4 Å². The predicted octanol–water partition coefficient (Wildman–Crippen LogP) is 2.62. The van der Waals surface area contributed by atoms with E-state index < -0.39 is 0 Å². The summed E-state index contributed by atoms with van der Waals surface area (Å²) in [6.45, 7) is 3.26. The molecule has 1 aliphatic rings. The van der Waals surface area contributed by atoms with Crippen LogP contribution in [0.2, 0.25) is 0 Å².